The van der Waals surface area contributed by atoms with Crippen molar-refractivity contribution in [1.82, 2.24) is 5.32 Å². The molecule has 0 unspecified atom stereocenters. The van der Waals surface area contributed by atoms with Gasteiger partial charge in [0.25, 0.3) is 5.91 Å². The van der Waals surface area contributed by atoms with Gasteiger partial charge in [0.15, 0.2) is 11.7 Å². The van der Waals surface area contributed by atoms with E-state index in [1.807, 2.05) is 0 Å². The monoisotopic (exact) mass is 422 g/mol. The summed E-state index contributed by atoms with van der Waals surface area (Å²) in [6.45, 7) is -0.249. The van der Waals surface area contributed by atoms with E-state index in [2.05, 4.69) is 10.6 Å². The maximum absolute atomic E-state index is 11.8. The van der Waals surface area contributed by atoms with Crippen LogP contribution in [0.15, 0.2) is 36.4 Å². The minimum Gasteiger partial charge on any atom is -0.482 e. The van der Waals surface area contributed by atoms with Crippen LogP contribution in [0.2, 0.25) is 20.1 Å². The van der Waals surface area contributed by atoms with Gasteiger partial charge in [-0.2, -0.15) is 0 Å². The summed E-state index contributed by atoms with van der Waals surface area (Å²) in [5.41, 5.74) is 0.420. The van der Waals surface area contributed by atoms with Gasteiger partial charge in [-0.25, -0.2) is 0 Å². The van der Waals surface area contributed by atoms with Crippen LogP contribution in [0, 0.1) is 0 Å². The number of carbonyl (C=O) groups excluding carboxylic acids is 1. The Hall–Kier alpha value is -1.24. The molecule has 0 aromatic heterocycles. The number of nitrogens with one attached hydrogen (secondary N) is 2. The second kappa shape index (κ2) is 8.74. The number of ether oxygens (including phenoxy) is 1. The van der Waals surface area contributed by atoms with Crippen molar-refractivity contribution in [2.75, 3.05) is 11.9 Å². The molecule has 1 amide bonds. The fourth-order valence-corrected chi connectivity index (χ4v) is 2.65. The van der Waals surface area contributed by atoms with Crippen molar-refractivity contribution < 1.29 is 9.53 Å². The number of thiocarbonyl (C=S) groups is 1. The van der Waals surface area contributed by atoms with Gasteiger partial charge in [0.1, 0.15) is 5.75 Å². The first kappa shape index (κ1) is 19.1. The molecule has 0 fully saturated rings. The smallest absolute Gasteiger partial charge is 0.264 e. The zero-order valence-electron chi connectivity index (χ0n) is 11.9. The van der Waals surface area contributed by atoms with E-state index in [9.17, 15) is 4.79 Å². The lowest BCUT2D eigenvalue weighted by molar-refractivity contribution is -0.121. The third kappa shape index (κ3) is 5.40. The number of benzene rings is 2. The fraction of sp³-hybridized carbons (Fsp3) is 0.0667. The van der Waals surface area contributed by atoms with Gasteiger partial charge in [-0.05, 0) is 36.5 Å². The van der Waals surface area contributed by atoms with Crippen LogP contribution >= 0.6 is 58.6 Å². The minimum atomic E-state index is -0.455. The van der Waals surface area contributed by atoms with Crippen LogP contribution in [-0.4, -0.2) is 17.6 Å². The third-order valence-electron chi connectivity index (χ3n) is 2.71. The number of anilines is 1. The van der Waals surface area contributed by atoms with Crippen molar-refractivity contribution in [1.29, 1.82) is 0 Å². The highest BCUT2D eigenvalue weighted by atomic mass is 35.5. The van der Waals surface area contributed by atoms with Gasteiger partial charge >= 0.3 is 0 Å². The number of rotatable bonds is 4. The summed E-state index contributed by atoms with van der Waals surface area (Å²) in [6.07, 6.45) is 0. The van der Waals surface area contributed by atoms with Gasteiger partial charge in [-0.1, -0.05) is 58.5 Å². The number of para-hydroxylation sites is 1. The summed E-state index contributed by atoms with van der Waals surface area (Å²) in [5.74, 6) is -0.0516. The molecular formula is C15H10Cl4N2O2S. The highest BCUT2D eigenvalue weighted by molar-refractivity contribution is 7.80. The highest BCUT2D eigenvalue weighted by Crippen LogP contribution is 2.32. The maximum atomic E-state index is 11.8. The molecule has 0 saturated carbocycles. The molecule has 0 heterocycles. The van der Waals surface area contributed by atoms with Crippen LogP contribution in [0.1, 0.15) is 0 Å². The Morgan fingerprint density at radius 3 is 2.38 bits per heavy atom. The van der Waals surface area contributed by atoms with Crippen LogP contribution in [0.3, 0.4) is 0 Å². The van der Waals surface area contributed by atoms with E-state index in [4.69, 9.17) is 63.4 Å². The SMILES string of the molecule is O=C(COc1ccccc1Cl)NC(=S)Nc1cc(Cl)c(Cl)cc1Cl. The van der Waals surface area contributed by atoms with E-state index < -0.39 is 5.91 Å². The van der Waals surface area contributed by atoms with Crippen molar-refractivity contribution in [2.24, 2.45) is 0 Å². The average molecular weight is 424 g/mol. The van der Waals surface area contributed by atoms with E-state index >= 15 is 0 Å². The summed E-state index contributed by atoms with van der Waals surface area (Å²) < 4.78 is 5.31. The van der Waals surface area contributed by atoms with Crippen LogP contribution in [-0.2, 0) is 4.79 Å². The lowest BCUT2D eigenvalue weighted by Gasteiger charge is -2.12. The van der Waals surface area contributed by atoms with Crippen LogP contribution in [0.25, 0.3) is 0 Å². The molecule has 0 bridgehead atoms. The largest absolute Gasteiger partial charge is 0.482 e. The first-order chi connectivity index (χ1) is 11.4. The molecule has 2 aromatic rings. The molecule has 24 heavy (non-hydrogen) atoms. The highest BCUT2D eigenvalue weighted by Gasteiger charge is 2.10. The Bertz CT molecular complexity index is 786. The van der Waals surface area contributed by atoms with E-state index in [0.717, 1.165) is 0 Å². The van der Waals surface area contributed by atoms with Crippen molar-refractivity contribution in [2.45, 2.75) is 0 Å². The molecule has 2 aromatic carbocycles. The lowest BCUT2D eigenvalue weighted by Crippen LogP contribution is -2.37. The van der Waals surface area contributed by atoms with Gasteiger partial charge in [-0.15, -0.1) is 0 Å². The van der Waals surface area contributed by atoms with E-state index in [1.54, 1.807) is 24.3 Å². The van der Waals surface area contributed by atoms with E-state index in [-0.39, 0.29) is 11.7 Å². The fourth-order valence-electron chi connectivity index (χ4n) is 1.64. The van der Waals surface area contributed by atoms with Gasteiger partial charge in [0.05, 0.1) is 25.8 Å². The molecule has 4 nitrogen and oxygen atoms in total. The number of halogens is 4. The topological polar surface area (TPSA) is 50.4 Å². The van der Waals surface area contributed by atoms with Gasteiger partial charge in [0, 0.05) is 0 Å². The van der Waals surface area contributed by atoms with Crippen molar-refractivity contribution >= 4 is 75.3 Å². The Balaban J connectivity index is 1.89. The molecule has 0 spiro atoms. The molecule has 0 aliphatic rings. The predicted molar refractivity (Wildman–Crippen MR) is 103 cm³/mol. The summed E-state index contributed by atoms with van der Waals surface area (Å²) in [7, 11) is 0. The zero-order valence-corrected chi connectivity index (χ0v) is 15.7. The van der Waals surface area contributed by atoms with Crippen LogP contribution in [0.4, 0.5) is 5.69 Å². The summed E-state index contributed by atoms with van der Waals surface area (Å²) >= 11 is 28.8. The first-order valence-corrected chi connectivity index (χ1v) is 8.41. The second-order valence-electron chi connectivity index (χ2n) is 4.47. The van der Waals surface area contributed by atoms with E-state index in [0.29, 0.717) is 31.5 Å². The molecule has 0 radical (unpaired) electrons. The Kier molecular flexibility index (Phi) is 6.95. The quantitative estimate of drug-likeness (QED) is 0.524. The molecule has 0 aliphatic heterocycles. The molecular weight excluding hydrogens is 414 g/mol. The average Bonchev–Trinajstić information content (AvgIpc) is 2.51. The number of amides is 1. The Morgan fingerprint density at radius 1 is 1.00 bits per heavy atom. The molecule has 0 atom stereocenters. The standard InChI is InChI=1S/C15H10Cl4N2O2S/c16-8-3-1-2-4-13(8)23-7-14(22)21-15(24)20-12-6-10(18)9(17)5-11(12)19/h1-6H,7H2,(H2,20,21,22,24). The van der Waals surface area contributed by atoms with E-state index in [1.165, 1.54) is 12.1 Å². The van der Waals surface area contributed by atoms with Crippen LogP contribution in [0.5, 0.6) is 5.75 Å². The predicted octanol–water partition coefficient (Wildman–Crippen LogP) is 5.19. The summed E-state index contributed by atoms with van der Waals surface area (Å²) in [4.78, 5) is 11.8. The van der Waals surface area contributed by atoms with Gasteiger partial charge in [-0.3, -0.25) is 10.1 Å². The molecule has 0 aliphatic carbocycles. The molecule has 2 rings (SSSR count). The van der Waals surface area contributed by atoms with Gasteiger partial charge in [0.2, 0.25) is 0 Å². The number of hydrogen-bond acceptors (Lipinski definition) is 3. The third-order valence-corrected chi connectivity index (χ3v) is 4.26. The summed E-state index contributed by atoms with van der Waals surface area (Å²) in [6, 6.07) is 9.80. The number of carbonyl (C=O) groups is 1. The molecule has 126 valence electrons. The number of hydrogen-bond donors (Lipinski definition) is 2. The first-order valence-electron chi connectivity index (χ1n) is 6.49. The summed E-state index contributed by atoms with van der Waals surface area (Å²) in [5, 5.41) is 6.61. The van der Waals surface area contributed by atoms with Crippen LogP contribution < -0.4 is 15.4 Å². The second-order valence-corrected chi connectivity index (χ2v) is 6.50. The van der Waals surface area contributed by atoms with Crippen molar-refractivity contribution in [3.8, 4) is 5.75 Å². The van der Waals surface area contributed by atoms with Crippen molar-refractivity contribution in [3.05, 3.63) is 56.5 Å². The Labute approximate surface area is 164 Å². The molecule has 0 saturated heterocycles. The molecule has 2 N–H and O–H groups in total. The Morgan fingerprint density at radius 2 is 1.67 bits per heavy atom. The maximum Gasteiger partial charge on any atom is 0.264 e. The zero-order chi connectivity index (χ0) is 17.7. The van der Waals surface area contributed by atoms with Gasteiger partial charge < -0.3 is 10.1 Å². The normalized spacial score (nSPS) is 10.2. The molecule has 9 heteroatoms. The van der Waals surface area contributed by atoms with Crippen molar-refractivity contribution in [3.63, 3.8) is 0 Å². The lowest BCUT2D eigenvalue weighted by atomic mass is 10.3. The minimum absolute atomic E-state index is 0.0445.